The molecule has 0 N–H and O–H groups in total. The summed E-state index contributed by atoms with van der Waals surface area (Å²) in [6.45, 7) is 9.73. The molecule has 14 heteroatoms. The van der Waals surface area contributed by atoms with Gasteiger partial charge < -0.3 is 19.3 Å². The Balaban J connectivity index is 0.000000196. The number of hydrogen-bond donors (Lipinski definition) is 0. The van der Waals surface area contributed by atoms with Crippen molar-refractivity contribution < 1.29 is 27.8 Å². The second-order valence-corrected chi connectivity index (χ2v) is 18.1. The number of rotatable bonds is 16. The van der Waals surface area contributed by atoms with Gasteiger partial charge in [-0.3, -0.25) is 38.0 Å². The lowest BCUT2D eigenvalue weighted by atomic mass is 9.82. The Kier molecular flexibility index (Phi) is 18.4. The first-order valence-corrected chi connectivity index (χ1v) is 24.2. The van der Waals surface area contributed by atoms with Crippen LogP contribution < -0.4 is 29.1 Å². The number of nitrogens with zero attached hydrogens (tertiary/aromatic N) is 8. The minimum absolute atomic E-state index is 0.0304. The summed E-state index contributed by atoms with van der Waals surface area (Å²) in [5, 5.41) is 0. The van der Waals surface area contributed by atoms with Gasteiger partial charge >= 0.3 is 0 Å². The zero-order valence-corrected chi connectivity index (χ0v) is 39.1. The van der Waals surface area contributed by atoms with Crippen molar-refractivity contribution in [2.24, 2.45) is 23.7 Å². The van der Waals surface area contributed by atoms with Crippen LogP contribution in [0.2, 0.25) is 0 Å². The highest BCUT2D eigenvalue weighted by atomic mass is 19.1. The molecule has 2 saturated heterocycles. The number of ether oxygens (including phenoxy) is 2. The van der Waals surface area contributed by atoms with Gasteiger partial charge in [0, 0.05) is 103 Å². The molecule has 12 nitrogen and oxygen atoms in total. The van der Waals surface area contributed by atoms with Gasteiger partial charge in [-0.15, -0.1) is 0 Å². The smallest absolute Gasteiger partial charge is 0.231 e. The molecule has 4 aliphatic rings. The van der Waals surface area contributed by atoms with Crippen molar-refractivity contribution in [3.05, 3.63) is 97.3 Å². The third-order valence-electron chi connectivity index (χ3n) is 14.1. The number of piperazine rings is 2. The third-order valence-corrected chi connectivity index (χ3v) is 14.1. The van der Waals surface area contributed by atoms with Gasteiger partial charge in [0.1, 0.15) is 23.1 Å². The number of carbonyl (C=O) groups is 2. The molecule has 0 atom stereocenters. The highest BCUT2D eigenvalue weighted by Gasteiger charge is 2.33. The predicted octanol–water partition coefficient (Wildman–Crippen LogP) is 8.04. The number of halogens is 2. The number of pyridine rings is 2. The van der Waals surface area contributed by atoms with E-state index in [0.29, 0.717) is 24.7 Å². The maximum absolute atomic E-state index is 13.4. The van der Waals surface area contributed by atoms with E-state index < -0.39 is 0 Å². The molecule has 8 rings (SSSR count). The van der Waals surface area contributed by atoms with Crippen molar-refractivity contribution in [3.8, 4) is 11.5 Å². The molecule has 2 aromatic carbocycles. The Labute approximate surface area is 390 Å². The van der Waals surface area contributed by atoms with Crippen LogP contribution >= 0.6 is 0 Å². The van der Waals surface area contributed by atoms with Crippen LogP contribution in [0.1, 0.15) is 51.4 Å². The molecule has 2 aliphatic carbocycles. The van der Waals surface area contributed by atoms with Gasteiger partial charge in [-0.2, -0.15) is 0 Å². The average Bonchev–Trinajstić information content (AvgIpc) is 3.39. The van der Waals surface area contributed by atoms with E-state index in [-0.39, 0.29) is 48.8 Å². The molecular weight excluding hydrogens is 839 g/mol. The number of carbonyl (C=O) groups excluding carboxylic acids is 2. The summed E-state index contributed by atoms with van der Waals surface area (Å²) in [5.41, 5.74) is 2.27. The Morgan fingerprint density at radius 3 is 1.23 bits per heavy atom. The van der Waals surface area contributed by atoms with Crippen molar-refractivity contribution in [2.45, 2.75) is 51.4 Å². The Morgan fingerprint density at radius 1 is 0.530 bits per heavy atom. The number of hydrogen-bond acceptors (Lipinski definition) is 10. The molecule has 0 unspecified atom stereocenters. The van der Waals surface area contributed by atoms with Crippen LogP contribution in [0, 0.1) is 23.7 Å². The van der Waals surface area contributed by atoms with Crippen molar-refractivity contribution in [1.29, 1.82) is 0 Å². The summed E-state index contributed by atoms with van der Waals surface area (Å²) in [6, 6.07) is 27.7. The van der Waals surface area contributed by atoms with Crippen LogP contribution in [0.3, 0.4) is 0 Å². The first-order valence-electron chi connectivity index (χ1n) is 24.2. The van der Waals surface area contributed by atoms with Crippen LogP contribution in [0.15, 0.2) is 97.3 Å². The highest BCUT2D eigenvalue weighted by Crippen LogP contribution is 2.34. The van der Waals surface area contributed by atoms with Gasteiger partial charge in [0.25, 0.3) is 0 Å². The van der Waals surface area contributed by atoms with Gasteiger partial charge in [0.2, 0.25) is 11.8 Å². The maximum atomic E-state index is 13.4. The average molecular weight is 909 g/mol. The number of alkyl halides is 2. The zero-order valence-electron chi connectivity index (χ0n) is 39.1. The van der Waals surface area contributed by atoms with E-state index in [1.165, 1.54) is 0 Å². The molecule has 4 aromatic rings. The number of amides is 2. The predicted molar refractivity (Wildman–Crippen MR) is 259 cm³/mol. The largest absolute Gasteiger partial charge is 0.495 e. The van der Waals surface area contributed by atoms with Gasteiger partial charge in [-0.05, 0) is 112 Å². The first kappa shape index (κ1) is 48.6. The topological polar surface area (TPSA) is 97.8 Å². The van der Waals surface area contributed by atoms with Crippen molar-refractivity contribution in [3.63, 3.8) is 0 Å². The fraction of sp³-hybridized carbons (Fsp3) is 0.538. The fourth-order valence-electron chi connectivity index (χ4n) is 9.96. The lowest BCUT2D eigenvalue weighted by Gasteiger charge is -2.38. The van der Waals surface area contributed by atoms with Gasteiger partial charge in [-0.25, -0.2) is 9.97 Å². The van der Waals surface area contributed by atoms with E-state index in [2.05, 4.69) is 41.7 Å². The highest BCUT2D eigenvalue weighted by molar-refractivity contribution is 5.95. The second kappa shape index (κ2) is 25.0. The molecule has 2 aromatic heterocycles. The summed E-state index contributed by atoms with van der Waals surface area (Å²) >= 11 is 0. The van der Waals surface area contributed by atoms with Crippen LogP contribution in [0.4, 0.5) is 31.8 Å². The van der Waals surface area contributed by atoms with E-state index in [9.17, 15) is 18.4 Å². The number of anilines is 4. The molecule has 2 aliphatic heterocycles. The number of methoxy groups -OCH3 is 2. The standard InChI is InChI=1S/2C26H35FN4O2/c2*1-33-24-7-3-2-6-23(24)30-17-14-29(15-18-30)16-19-31(25-8-4-5-13-28-25)26(32)22-11-9-21(20-27)10-12-22/h2*2-8,13,21-22H,9-12,14-20H2,1H3. The molecule has 0 bridgehead atoms. The van der Waals surface area contributed by atoms with Crippen LogP contribution in [-0.2, 0) is 9.59 Å². The zero-order chi connectivity index (χ0) is 46.1. The van der Waals surface area contributed by atoms with Crippen LogP contribution in [-0.4, -0.2) is 138 Å². The maximum Gasteiger partial charge on any atom is 0.231 e. The minimum Gasteiger partial charge on any atom is -0.495 e. The van der Waals surface area contributed by atoms with Crippen molar-refractivity contribution in [1.82, 2.24) is 19.8 Å². The molecular formula is C52H70F2N8O4. The van der Waals surface area contributed by atoms with Crippen molar-refractivity contribution in [2.75, 3.05) is 126 Å². The summed E-state index contributed by atoms with van der Waals surface area (Å²) < 4.78 is 37.1. The second-order valence-electron chi connectivity index (χ2n) is 18.1. The first-order chi connectivity index (χ1) is 32.4. The quantitative estimate of drug-likeness (QED) is 0.110. The SMILES string of the molecule is COc1ccccc1N1CCN(CCN(C(=O)C2CCC(CF)CC2)c2ccccn2)CC1.COc1ccccc1N1CCN(CCN(C(=O)C2CCC(CF)CC2)c2ccccn2)CC1. The van der Waals surface area contributed by atoms with E-state index in [0.717, 1.165) is 140 Å². The summed E-state index contributed by atoms with van der Waals surface area (Å²) in [4.78, 5) is 49.0. The van der Waals surface area contributed by atoms with Gasteiger partial charge in [-0.1, -0.05) is 36.4 Å². The Hall–Kier alpha value is -5.34. The van der Waals surface area contributed by atoms with Gasteiger partial charge in [0.15, 0.2) is 0 Å². The molecule has 0 spiro atoms. The molecule has 4 heterocycles. The number of para-hydroxylation sites is 4. The lowest BCUT2D eigenvalue weighted by molar-refractivity contribution is -0.124. The van der Waals surface area contributed by atoms with E-state index in [1.54, 1.807) is 26.6 Å². The molecule has 66 heavy (non-hydrogen) atoms. The normalized spacial score (nSPS) is 21.6. The van der Waals surface area contributed by atoms with E-state index >= 15 is 0 Å². The summed E-state index contributed by atoms with van der Waals surface area (Å²) in [6.07, 6.45) is 9.76. The monoisotopic (exact) mass is 909 g/mol. The lowest BCUT2D eigenvalue weighted by Crippen LogP contribution is -2.50. The number of aromatic nitrogens is 2. The van der Waals surface area contributed by atoms with E-state index in [1.807, 2.05) is 82.6 Å². The van der Waals surface area contributed by atoms with Crippen molar-refractivity contribution >= 4 is 34.8 Å². The fourth-order valence-corrected chi connectivity index (χ4v) is 9.96. The summed E-state index contributed by atoms with van der Waals surface area (Å²) in [5.74, 6) is 3.69. The van der Waals surface area contributed by atoms with Crippen LogP contribution in [0.25, 0.3) is 0 Å². The Morgan fingerprint density at radius 2 is 0.894 bits per heavy atom. The molecule has 2 saturated carbocycles. The third kappa shape index (κ3) is 13.0. The molecule has 356 valence electrons. The summed E-state index contributed by atoms with van der Waals surface area (Å²) in [7, 11) is 3.42. The number of benzene rings is 2. The molecule has 4 fully saturated rings. The Bertz CT molecular complexity index is 1910. The van der Waals surface area contributed by atoms with Crippen LogP contribution in [0.5, 0.6) is 11.5 Å². The molecule has 2 amide bonds. The molecule has 0 radical (unpaired) electrons. The van der Waals surface area contributed by atoms with E-state index in [4.69, 9.17) is 9.47 Å². The van der Waals surface area contributed by atoms with Gasteiger partial charge in [0.05, 0.1) is 38.9 Å². The minimum atomic E-state index is -0.272.